The fourth-order valence-electron chi connectivity index (χ4n) is 2.41. The molecule has 0 unspecified atom stereocenters. The summed E-state index contributed by atoms with van der Waals surface area (Å²) >= 11 is 0. The normalized spacial score (nSPS) is 11.5. The highest BCUT2D eigenvalue weighted by molar-refractivity contribution is 7.88. The van der Waals surface area contributed by atoms with Gasteiger partial charge in [0.2, 0.25) is 15.9 Å². The smallest absolute Gasteiger partial charge is 0.225 e. The van der Waals surface area contributed by atoms with E-state index in [1.807, 2.05) is 0 Å². The van der Waals surface area contributed by atoms with E-state index in [2.05, 4.69) is 5.32 Å². The molecule has 0 saturated carbocycles. The number of rotatable bonds is 8. The molecule has 8 heteroatoms. The Balaban J connectivity index is 1.93. The van der Waals surface area contributed by atoms with Crippen LogP contribution in [0.1, 0.15) is 12.0 Å². The molecule has 0 spiro atoms. The first-order valence-electron chi connectivity index (χ1n) is 7.99. The van der Waals surface area contributed by atoms with Crippen LogP contribution in [0.2, 0.25) is 0 Å². The topological polar surface area (TPSA) is 66.5 Å². The number of carbonyl (C=O) groups is 1. The zero-order chi connectivity index (χ0) is 19.2. The molecule has 5 nitrogen and oxygen atoms in total. The summed E-state index contributed by atoms with van der Waals surface area (Å²) in [7, 11) is -3.55. The van der Waals surface area contributed by atoms with E-state index in [0.717, 1.165) is 10.6 Å². The van der Waals surface area contributed by atoms with Crippen molar-refractivity contribution in [3.05, 3.63) is 65.7 Å². The molecular formula is C18H20F2N2O3S. The van der Waals surface area contributed by atoms with Crippen LogP contribution in [0.5, 0.6) is 0 Å². The predicted molar refractivity (Wildman–Crippen MR) is 96.2 cm³/mol. The van der Waals surface area contributed by atoms with Crippen LogP contribution in [0, 0.1) is 11.6 Å². The Kier molecular flexibility index (Phi) is 6.82. The maximum Gasteiger partial charge on any atom is 0.225 e. The number of anilines is 1. The third-order valence-electron chi connectivity index (χ3n) is 3.75. The summed E-state index contributed by atoms with van der Waals surface area (Å²) in [6.07, 6.45) is 1.14. The third kappa shape index (κ3) is 6.20. The van der Waals surface area contributed by atoms with Gasteiger partial charge >= 0.3 is 0 Å². The van der Waals surface area contributed by atoms with Gasteiger partial charge < -0.3 is 5.32 Å². The molecule has 2 aromatic rings. The molecule has 0 heterocycles. The molecule has 1 amide bonds. The van der Waals surface area contributed by atoms with Crippen molar-refractivity contribution >= 4 is 21.6 Å². The van der Waals surface area contributed by atoms with Gasteiger partial charge in [0, 0.05) is 25.2 Å². The fraction of sp³-hybridized carbons (Fsp3) is 0.278. The number of nitrogens with one attached hydrogen (secondary N) is 1. The number of carbonyl (C=O) groups excluding carboxylic acids is 1. The molecule has 0 aliphatic heterocycles. The number of benzene rings is 2. The first-order valence-corrected chi connectivity index (χ1v) is 9.84. The maximum atomic E-state index is 13.7. The molecule has 26 heavy (non-hydrogen) atoms. The second-order valence-corrected chi connectivity index (χ2v) is 7.79. The molecule has 0 aromatic heterocycles. The molecule has 0 aliphatic rings. The number of sulfonamides is 1. The number of nitrogens with zero attached hydrogens (tertiary/aromatic N) is 1. The number of amides is 1. The molecule has 0 bridgehead atoms. The highest BCUT2D eigenvalue weighted by atomic mass is 32.2. The lowest BCUT2D eigenvalue weighted by Crippen LogP contribution is -2.34. The molecule has 2 aromatic carbocycles. The van der Waals surface area contributed by atoms with Gasteiger partial charge in [-0.1, -0.05) is 24.3 Å². The summed E-state index contributed by atoms with van der Waals surface area (Å²) in [5.74, 6) is -1.31. The van der Waals surface area contributed by atoms with Gasteiger partial charge in [0.1, 0.15) is 11.6 Å². The summed E-state index contributed by atoms with van der Waals surface area (Å²) in [5, 5.41) is 2.51. The number of hydrogen-bond donors (Lipinski definition) is 1. The monoisotopic (exact) mass is 382 g/mol. The molecule has 2 rings (SSSR count). The third-order valence-corrected chi connectivity index (χ3v) is 5.06. The molecule has 0 atom stereocenters. The van der Waals surface area contributed by atoms with Crippen molar-refractivity contribution in [2.75, 3.05) is 24.7 Å². The fourth-order valence-corrected chi connectivity index (χ4v) is 3.25. The summed E-state index contributed by atoms with van der Waals surface area (Å²) in [5.41, 5.74) is 0.706. The molecule has 140 valence electrons. The predicted octanol–water partition coefficient (Wildman–Crippen LogP) is 2.80. The van der Waals surface area contributed by atoms with Crippen LogP contribution in [0.15, 0.2) is 48.5 Å². The van der Waals surface area contributed by atoms with E-state index in [1.165, 1.54) is 30.3 Å². The van der Waals surface area contributed by atoms with Crippen molar-refractivity contribution in [3.8, 4) is 0 Å². The first kappa shape index (κ1) is 20.0. The van der Waals surface area contributed by atoms with E-state index in [1.54, 1.807) is 18.2 Å². The highest BCUT2D eigenvalue weighted by Crippen LogP contribution is 2.12. The van der Waals surface area contributed by atoms with Crippen LogP contribution in [0.4, 0.5) is 14.5 Å². The van der Waals surface area contributed by atoms with Crippen LogP contribution in [0.3, 0.4) is 0 Å². The Bertz CT molecular complexity index is 872. The van der Waals surface area contributed by atoms with Gasteiger partial charge in [-0.25, -0.2) is 21.5 Å². The maximum absolute atomic E-state index is 13.7. The Morgan fingerprint density at radius 2 is 1.81 bits per heavy atom. The first-order chi connectivity index (χ1) is 12.3. The lowest BCUT2D eigenvalue weighted by molar-refractivity contribution is -0.116. The van der Waals surface area contributed by atoms with Crippen molar-refractivity contribution in [1.82, 2.24) is 4.31 Å². The van der Waals surface area contributed by atoms with Gasteiger partial charge in [-0.3, -0.25) is 4.79 Å². The molecule has 0 fully saturated rings. The van der Waals surface area contributed by atoms with Crippen molar-refractivity contribution in [3.63, 3.8) is 0 Å². The van der Waals surface area contributed by atoms with Gasteiger partial charge in [0.15, 0.2) is 0 Å². The Labute approximate surface area is 151 Å². The van der Waals surface area contributed by atoms with Crippen molar-refractivity contribution in [2.24, 2.45) is 0 Å². The number of hydrogen-bond acceptors (Lipinski definition) is 3. The van der Waals surface area contributed by atoms with Crippen LogP contribution >= 0.6 is 0 Å². The minimum atomic E-state index is -3.55. The summed E-state index contributed by atoms with van der Waals surface area (Å²) in [4.78, 5) is 12.0. The molecular weight excluding hydrogens is 362 g/mol. The van der Waals surface area contributed by atoms with E-state index >= 15 is 0 Å². The van der Waals surface area contributed by atoms with E-state index in [0.29, 0.717) is 11.3 Å². The average molecular weight is 382 g/mol. The zero-order valence-electron chi connectivity index (χ0n) is 14.3. The van der Waals surface area contributed by atoms with E-state index in [9.17, 15) is 22.0 Å². The van der Waals surface area contributed by atoms with Crippen molar-refractivity contribution < 1.29 is 22.0 Å². The van der Waals surface area contributed by atoms with Gasteiger partial charge in [0.05, 0.1) is 6.26 Å². The van der Waals surface area contributed by atoms with E-state index in [-0.39, 0.29) is 25.9 Å². The van der Waals surface area contributed by atoms with Gasteiger partial charge in [-0.15, -0.1) is 0 Å². The van der Waals surface area contributed by atoms with Crippen LogP contribution in [-0.4, -0.2) is 38.0 Å². The van der Waals surface area contributed by atoms with E-state index in [4.69, 9.17) is 0 Å². The lowest BCUT2D eigenvalue weighted by atomic mass is 10.1. The standard InChI is InChI=1S/C18H20F2N2O3S/c1-26(24,25)22(11-9-14-5-2-3-8-17(14)20)12-10-18(23)21-16-7-4-6-15(19)13-16/h2-8,13H,9-12H2,1H3,(H,21,23). The minimum Gasteiger partial charge on any atom is -0.326 e. The minimum absolute atomic E-state index is 0.0472. The average Bonchev–Trinajstić information content (AvgIpc) is 2.55. The summed E-state index contributed by atoms with van der Waals surface area (Å²) < 4.78 is 51.7. The van der Waals surface area contributed by atoms with Crippen molar-refractivity contribution in [1.29, 1.82) is 0 Å². The van der Waals surface area contributed by atoms with Gasteiger partial charge in [-0.05, 0) is 36.2 Å². The number of halogens is 2. The Hall–Kier alpha value is -2.32. The van der Waals surface area contributed by atoms with Crippen molar-refractivity contribution in [2.45, 2.75) is 12.8 Å². The van der Waals surface area contributed by atoms with Crippen LogP contribution < -0.4 is 5.32 Å². The molecule has 0 radical (unpaired) electrons. The quantitative estimate of drug-likeness (QED) is 0.764. The summed E-state index contributed by atoms with van der Waals surface area (Å²) in [6.45, 7) is 0.0153. The second kappa shape index (κ2) is 8.86. The van der Waals surface area contributed by atoms with Gasteiger partial charge in [-0.2, -0.15) is 0 Å². The lowest BCUT2D eigenvalue weighted by Gasteiger charge is -2.20. The highest BCUT2D eigenvalue weighted by Gasteiger charge is 2.18. The van der Waals surface area contributed by atoms with E-state index < -0.39 is 27.6 Å². The van der Waals surface area contributed by atoms with Gasteiger partial charge in [0.25, 0.3) is 0 Å². The Morgan fingerprint density at radius 1 is 1.08 bits per heavy atom. The molecule has 1 N–H and O–H groups in total. The largest absolute Gasteiger partial charge is 0.326 e. The molecule has 0 aliphatic carbocycles. The van der Waals surface area contributed by atoms with Crippen LogP contribution in [0.25, 0.3) is 0 Å². The Morgan fingerprint density at radius 3 is 2.46 bits per heavy atom. The summed E-state index contributed by atoms with van der Waals surface area (Å²) in [6, 6.07) is 11.6. The zero-order valence-corrected chi connectivity index (χ0v) is 15.1. The second-order valence-electron chi connectivity index (χ2n) is 5.81. The van der Waals surface area contributed by atoms with Crippen LogP contribution in [-0.2, 0) is 21.2 Å². The molecule has 0 saturated heterocycles. The SMILES string of the molecule is CS(=O)(=O)N(CCC(=O)Nc1cccc(F)c1)CCc1ccccc1F.